The van der Waals surface area contributed by atoms with Gasteiger partial charge < -0.3 is 10.0 Å². The van der Waals surface area contributed by atoms with Crippen LogP contribution in [0.2, 0.25) is 0 Å². The van der Waals surface area contributed by atoms with Crippen molar-refractivity contribution in [3.8, 4) is 0 Å². The van der Waals surface area contributed by atoms with Gasteiger partial charge in [0.05, 0.1) is 17.4 Å². The van der Waals surface area contributed by atoms with Gasteiger partial charge >= 0.3 is 0 Å². The molecule has 2 fully saturated rings. The summed E-state index contributed by atoms with van der Waals surface area (Å²) in [6.07, 6.45) is 2.96. The quantitative estimate of drug-likeness (QED) is 0.569. The molecule has 1 aromatic carbocycles. The molecule has 0 aromatic heterocycles. The molecule has 3 N–H and O–H groups in total. The minimum absolute atomic E-state index is 0.0272. The molecule has 0 unspecified atom stereocenters. The fourth-order valence-corrected chi connectivity index (χ4v) is 4.43. The van der Waals surface area contributed by atoms with Crippen LogP contribution in [0.1, 0.15) is 50.5 Å². The molecule has 142 valence electrons. The van der Waals surface area contributed by atoms with Crippen molar-refractivity contribution in [3.63, 3.8) is 0 Å². The number of benzene rings is 1. The molecular formula is C20H28N2O4. The summed E-state index contributed by atoms with van der Waals surface area (Å²) in [5.74, 6) is -1.31. The van der Waals surface area contributed by atoms with E-state index in [1.165, 1.54) is 5.56 Å². The summed E-state index contributed by atoms with van der Waals surface area (Å²) in [4.78, 5) is 26.9. The second-order valence-electron chi connectivity index (χ2n) is 7.94. The van der Waals surface area contributed by atoms with Crippen molar-refractivity contribution in [3.05, 3.63) is 35.9 Å². The van der Waals surface area contributed by atoms with E-state index in [9.17, 15) is 14.7 Å². The van der Waals surface area contributed by atoms with Gasteiger partial charge in [0, 0.05) is 13.1 Å². The number of aliphatic hydroxyl groups is 1. The topological polar surface area (TPSA) is 89.9 Å². The van der Waals surface area contributed by atoms with E-state index >= 15 is 0 Å². The second-order valence-corrected chi connectivity index (χ2v) is 7.94. The highest BCUT2D eigenvalue weighted by molar-refractivity contribution is 5.87. The summed E-state index contributed by atoms with van der Waals surface area (Å²) in [6, 6.07) is 10.4. The fourth-order valence-electron chi connectivity index (χ4n) is 4.43. The summed E-state index contributed by atoms with van der Waals surface area (Å²) < 4.78 is 0. The third kappa shape index (κ3) is 4.07. The van der Waals surface area contributed by atoms with Gasteiger partial charge in [-0.1, -0.05) is 30.3 Å². The molecular weight excluding hydrogens is 332 g/mol. The molecule has 2 amide bonds. The molecule has 1 saturated carbocycles. The first kappa shape index (κ1) is 18.9. The molecule has 1 aromatic rings. The highest BCUT2D eigenvalue weighted by Gasteiger charge is 2.44. The Hall–Kier alpha value is -1.92. The van der Waals surface area contributed by atoms with Crippen molar-refractivity contribution < 1.29 is 19.9 Å². The first-order valence-corrected chi connectivity index (χ1v) is 9.41. The highest BCUT2D eigenvalue weighted by Crippen LogP contribution is 2.38. The maximum atomic E-state index is 13.0. The number of carbonyl (C=O) groups is 2. The fraction of sp³-hybridized carbons (Fsp3) is 0.600. The summed E-state index contributed by atoms with van der Waals surface area (Å²) in [6.45, 7) is 3.04. The zero-order chi connectivity index (χ0) is 18.7. The smallest absolute Gasteiger partial charge is 0.247 e. The van der Waals surface area contributed by atoms with Crippen molar-refractivity contribution in [1.82, 2.24) is 10.4 Å². The van der Waals surface area contributed by atoms with E-state index < -0.39 is 23.3 Å². The van der Waals surface area contributed by atoms with Gasteiger partial charge in [0.15, 0.2) is 0 Å². The van der Waals surface area contributed by atoms with Crippen molar-refractivity contribution in [1.29, 1.82) is 0 Å². The van der Waals surface area contributed by atoms with Crippen LogP contribution in [-0.4, -0.2) is 45.7 Å². The Labute approximate surface area is 154 Å². The van der Waals surface area contributed by atoms with E-state index in [-0.39, 0.29) is 12.3 Å². The normalized spacial score (nSPS) is 30.0. The third-order valence-corrected chi connectivity index (χ3v) is 5.98. The van der Waals surface area contributed by atoms with Crippen LogP contribution in [0.5, 0.6) is 0 Å². The van der Waals surface area contributed by atoms with Gasteiger partial charge in [-0.05, 0) is 50.5 Å². The number of likely N-dealkylation sites (tertiary alicyclic amines) is 1. The van der Waals surface area contributed by atoms with Crippen LogP contribution in [0, 0.1) is 11.8 Å². The van der Waals surface area contributed by atoms with Crippen LogP contribution >= 0.6 is 0 Å². The first-order chi connectivity index (χ1) is 12.4. The average Bonchev–Trinajstić information content (AvgIpc) is 2.67. The minimum atomic E-state index is -0.978. The van der Waals surface area contributed by atoms with Crippen LogP contribution in [0.15, 0.2) is 30.3 Å². The molecule has 2 aliphatic rings. The predicted molar refractivity (Wildman–Crippen MR) is 96.4 cm³/mol. The largest absolute Gasteiger partial charge is 0.390 e. The summed E-state index contributed by atoms with van der Waals surface area (Å²) in [5.41, 5.74) is 2.00. The minimum Gasteiger partial charge on any atom is -0.390 e. The number of hydrogen-bond donors (Lipinski definition) is 3. The number of nitrogens with zero attached hydrogens (tertiary/aromatic N) is 1. The Morgan fingerprint density at radius 3 is 2.38 bits per heavy atom. The predicted octanol–water partition coefficient (Wildman–Crippen LogP) is 2.07. The molecule has 6 nitrogen and oxygen atoms in total. The summed E-state index contributed by atoms with van der Waals surface area (Å²) in [7, 11) is 0. The van der Waals surface area contributed by atoms with E-state index in [2.05, 4.69) is 12.1 Å². The number of piperidine rings is 1. The SMILES string of the molecule is C[C@]1(O)CC[C@H](C(=O)N2CCC(c3ccccc3)CC2)[C@@H](C(=O)NO)C1. The Bertz CT molecular complexity index is 638. The number of rotatable bonds is 3. The molecule has 0 spiro atoms. The molecule has 26 heavy (non-hydrogen) atoms. The zero-order valence-corrected chi connectivity index (χ0v) is 15.2. The molecule has 0 bridgehead atoms. The van der Waals surface area contributed by atoms with E-state index in [0.717, 1.165) is 12.8 Å². The van der Waals surface area contributed by atoms with Crippen LogP contribution in [0.4, 0.5) is 0 Å². The number of amides is 2. The Kier molecular flexibility index (Phi) is 5.63. The number of hydrogen-bond acceptors (Lipinski definition) is 4. The Balaban J connectivity index is 1.64. The molecule has 0 radical (unpaired) electrons. The van der Waals surface area contributed by atoms with Gasteiger partial charge in [-0.2, -0.15) is 0 Å². The van der Waals surface area contributed by atoms with Crippen LogP contribution < -0.4 is 5.48 Å². The average molecular weight is 360 g/mol. The lowest BCUT2D eigenvalue weighted by atomic mass is 9.71. The molecule has 1 aliphatic carbocycles. The third-order valence-electron chi connectivity index (χ3n) is 5.98. The van der Waals surface area contributed by atoms with Crippen molar-refractivity contribution in [2.24, 2.45) is 11.8 Å². The highest BCUT2D eigenvalue weighted by atomic mass is 16.5. The molecule has 1 aliphatic heterocycles. The lowest BCUT2D eigenvalue weighted by Crippen LogP contribution is -2.51. The molecule has 1 heterocycles. The first-order valence-electron chi connectivity index (χ1n) is 9.41. The van der Waals surface area contributed by atoms with Gasteiger partial charge in [0.1, 0.15) is 0 Å². The molecule has 6 heteroatoms. The number of carbonyl (C=O) groups excluding carboxylic acids is 2. The van der Waals surface area contributed by atoms with E-state index in [1.807, 2.05) is 23.1 Å². The van der Waals surface area contributed by atoms with Crippen LogP contribution in [0.3, 0.4) is 0 Å². The Morgan fingerprint density at radius 2 is 1.77 bits per heavy atom. The number of nitrogens with one attached hydrogen (secondary N) is 1. The Morgan fingerprint density at radius 1 is 1.12 bits per heavy atom. The number of hydroxylamine groups is 1. The van der Waals surface area contributed by atoms with Gasteiger partial charge in [-0.25, -0.2) is 5.48 Å². The van der Waals surface area contributed by atoms with Crippen molar-refractivity contribution in [2.75, 3.05) is 13.1 Å². The zero-order valence-electron chi connectivity index (χ0n) is 15.2. The van der Waals surface area contributed by atoms with Gasteiger partial charge in [-0.3, -0.25) is 14.8 Å². The molecule has 3 atom stereocenters. The second kappa shape index (κ2) is 7.76. The van der Waals surface area contributed by atoms with E-state index in [0.29, 0.717) is 31.8 Å². The lowest BCUT2D eigenvalue weighted by Gasteiger charge is -2.41. The summed E-state index contributed by atoms with van der Waals surface area (Å²) in [5, 5.41) is 19.3. The van der Waals surface area contributed by atoms with Crippen molar-refractivity contribution in [2.45, 2.75) is 50.5 Å². The standard InChI is InChI=1S/C20H28N2O4/c1-20(25)10-7-16(17(13-20)18(23)21-26)19(24)22-11-8-15(9-12-22)14-5-3-2-4-6-14/h2-6,15-17,25-26H,7-13H2,1H3,(H,21,23)/t16-,17-,20-/m0/s1. The van der Waals surface area contributed by atoms with E-state index in [4.69, 9.17) is 5.21 Å². The maximum Gasteiger partial charge on any atom is 0.247 e. The monoisotopic (exact) mass is 360 g/mol. The van der Waals surface area contributed by atoms with Crippen LogP contribution in [0.25, 0.3) is 0 Å². The molecule has 1 saturated heterocycles. The van der Waals surface area contributed by atoms with Crippen LogP contribution in [-0.2, 0) is 9.59 Å². The van der Waals surface area contributed by atoms with Gasteiger partial charge in [0.2, 0.25) is 11.8 Å². The lowest BCUT2D eigenvalue weighted by molar-refractivity contribution is -0.152. The van der Waals surface area contributed by atoms with Crippen molar-refractivity contribution >= 4 is 11.8 Å². The van der Waals surface area contributed by atoms with Gasteiger partial charge in [-0.15, -0.1) is 0 Å². The molecule has 3 rings (SSSR count). The maximum absolute atomic E-state index is 13.0. The van der Waals surface area contributed by atoms with Gasteiger partial charge in [0.25, 0.3) is 0 Å². The van der Waals surface area contributed by atoms with E-state index in [1.54, 1.807) is 12.4 Å². The summed E-state index contributed by atoms with van der Waals surface area (Å²) >= 11 is 0.